The van der Waals surface area contributed by atoms with E-state index >= 15 is 0 Å². The Bertz CT molecular complexity index is 738. The predicted octanol–water partition coefficient (Wildman–Crippen LogP) is -2.08. The van der Waals surface area contributed by atoms with Crippen molar-refractivity contribution in [3.63, 3.8) is 0 Å². The molecule has 1 aliphatic rings. The summed E-state index contributed by atoms with van der Waals surface area (Å²) in [6.45, 7) is -0.490. The number of aliphatic hydroxyl groups is 3. The van der Waals surface area contributed by atoms with Gasteiger partial charge in [-0.25, -0.2) is 14.2 Å². The molecule has 1 saturated heterocycles. The fraction of sp³-hybridized carbons (Fsp3) is 0.417. The Morgan fingerprint density at radius 3 is 2.76 bits per heavy atom. The van der Waals surface area contributed by atoms with Crippen LogP contribution >= 0.6 is 0 Å². The van der Waals surface area contributed by atoms with Gasteiger partial charge < -0.3 is 20.1 Å². The number of fused-ring (bicyclic) bond motifs is 1. The fourth-order valence-corrected chi connectivity index (χ4v) is 2.42. The number of hydrogen-bond acceptors (Lipinski definition) is 7. The SMILES string of the molecule is O=Cc1cnc2ccn([C@@H]3O[C@H](CO)[C@@H](O)[C@H]3O)c(=O)n12. The zero-order valence-electron chi connectivity index (χ0n) is 10.7. The molecule has 0 unspecified atom stereocenters. The van der Waals surface area contributed by atoms with Gasteiger partial charge in [0.1, 0.15) is 29.7 Å². The summed E-state index contributed by atoms with van der Waals surface area (Å²) >= 11 is 0. The molecule has 9 nitrogen and oxygen atoms in total. The summed E-state index contributed by atoms with van der Waals surface area (Å²) < 4.78 is 7.41. The number of imidazole rings is 1. The lowest BCUT2D eigenvalue weighted by Crippen LogP contribution is -2.37. The third kappa shape index (κ3) is 1.98. The van der Waals surface area contributed by atoms with Crippen LogP contribution in [-0.2, 0) is 4.74 Å². The van der Waals surface area contributed by atoms with Crippen molar-refractivity contribution in [2.24, 2.45) is 0 Å². The van der Waals surface area contributed by atoms with Crippen LogP contribution in [0.1, 0.15) is 16.7 Å². The molecule has 3 rings (SSSR count). The molecular weight excluding hydrogens is 282 g/mol. The number of aromatic nitrogens is 3. The second-order valence-electron chi connectivity index (χ2n) is 4.73. The summed E-state index contributed by atoms with van der Waals surface area (Å²) in [4.78, 5) is 27.2. The maximum absolute atomic E-state index is 12.4. The smallest absolute Gasteiger partial charge is 0.336 e. The standard InChI is InChI=1S/C12H13N3O6/c16-4-6-3-13-8-1-2-14(12(20)15(6)8)11-10(19)9(18)7(5-17)21-11/h1-4,7,9-11,17-19H,5H2/t7-,9-,10-,11-/m1/s1. The number of hydrogen-bond donors (Lipinski definition) is 3. The van der Waals surface area contributed by atoms with Crippen molar-refractivity contribution in [2.45, 2.75) is 24.5 Å². The number of carbonyl (C=O) groups excluding carboxylic acids is 1. The molecule has 0 bridgehead atoms. The lowest BCUT2D eigenvalue weighted by atomic mass is 10.1. The van der Waals surface area contributed by atoms with Crippen LogP contribution in [0.3, 0.4) is 0 Å². The minimum atomic E-state index is -1.37. The zero-order valence-corrected chi connectivity index (χ0v) is 10.7. The van der Waals surface area contributed by atoms with Crippen LogP contribution in [0.15, 0.2) is 23.3 Å². The molecule has 0 saturated carbocycles. The summed E-state index contributed by atoms with van der Waals surface area (Å²) in [5.41, 5.74) is -0.289. The van der Waals surface area contributed by atoms with E-state index in [2.05, 4.69) is 4.98 Å². The van der Waals surface area contributed by atoms with E-state index in [1.54, 1.807) is 0 Å². The van der Waals surface area contributed by atoms with Gasteiger partial charge in [0, 0.05) is 6.20 Å². The van der Waals surface area contributed by atoms with Crippen molar-refractivity contribution in [2.75, 3.05) is 6.61 Å². The Hall–Kier alpha value is -2.07. The van der Waals surface area contributed by atoms with Gasteiger partial charge in [-0.3, -0.25) is 9.36 Å². The fourth-order valence-electron chi connectivity index (χ4n) is 2.42. The van der Waals surface area contributed by atoms with Crippen LogP contribution < -0.4 is 5.69 Å². The second-order valence-corrected chi connectivity index (χ2v) is 4.73. The number of carbonyl (C=O) groups is 1. The highest BCUT2D eigenvalue weighted by atomic mass is 16.6. The summed E-state index contributed by atoms with van der Waals surface area (Å²) in [5.74, 6) is 0. The number of ether oxygens (including phenoxy) is 1. The molecule has 112 valence electrons. The molecule has 0 radical (unpaired) electrons. The number of aldehydes is 1. The average Bonchev–Trinajstić information content (AvgIpc) is 3.03. The molecule has 0 aliphatic carbocycles. The highest BCUT2D eigenvalue weighted by molar-refractivity contribution is 5.73. The molecule has 2 aromatic heterocycles. The molecule has 3 N–H and O–H groups in total. The topological polar surface area (TPSA) is 126 Å². The first-order valence-corrected chi connectivity index (χ1v) is 6.24. The van der Waals surface area contributed by atoms with E-state index in [1.807, 2.05) is 0 Å². The van der Waals surface area contributed by atoms with Crippen molar-refractivity contribution in [3.8, 4) is 0 Å². The molecular formula is C12H13N3O6. The summed E-state index contributed by atoms with van der Waals surface area (Å²) in [5, 5.41) is 28.7. The number of nitrogens with zero attached hydrogens (tertiary/aromatic N) is 3. The minimum absolute atomic E-state index is 0.0658. The molecule has 21 heavy (non-hydrogen) atoms. The number of rotatable bonds is 3. The van der Waals surface area contributed by atoms with Crippen LogP contribution in [0.5, 0.6) is 0 Å². The van der Waals surface area contributed by atoms with Crippen molar-refractivity contribution < 1.29 is 24.9 Å². The Morgan fingerprint density at radius 1 is 1.38 bits per heavy atom. The summed E-state index contributed by atoms with van der Waals surface area (Å²) in [6.07, 6.45) is -1.73. The van der Waals surface area contributed by atoms with Gasteiger partial charge >= 0.3 is 5.69 Å². The second kappa shape index (κ2) is 5.04. The van der Waals surface area contributed by atoms with Crippen LogP contribution in [-0.4, -0.2) is 60.5 Å². The van der Waals surface area contributed by atoms with Crippen molar-refractivity contribution >= 4 is 11.9 Å². The first kappa shape index (κ1) is 13.9. The monoisotopic (exact) mass is 295 g/mol. The molecule has 9 heteroatoms. The molecule has 2 aromatic rings. The lowest BCUT2D eigenvalue weighted by Gasteiger charge is -2.17. The van der Waals surface area contributed by atoms with E-state index < -0.39 is 36.8 Å². The quantitative estimate of drug-likeness (QED) is 0.555. The molecule has 1 fully saturated rings. The van der Waals surface area contributed by atoms with E-state index in [0.717, 1.165) is 8.97 Å². The zero-order chi connectivity index (χ0) is 15.1. The molecule has 1 aliphatic heterocycles. The highest BCUT2D eigenvalue weighted by Crippen LogP contribution is 2.28. The molecule has 3 heterocycles. The normalized spacial score (nSPS) is 29.1. The largest absolute Gasteiger partial charge is 0.394 e. The van der Waals surface area contributed by atoms with Crippen LogP contribution in [0, 0.1) is 0 Å². The van der Waals surface area contributed by atoms with E-state index in [-0.39, 0.29) is 11.3 Å². The van der Waals surface area contributed by atoms with Crippen molar-refractivity contribution in [1.82, 2.24) is 14.0 Å². The van der Waals surface area contributed by atoms with Gasteiger partial charge in [0.05, 0.1) is 12.8 Å². The Balaban J connectivity index is 2.11. The van der Waals surface area contributed by atoms with Gasteiger partial charge in [-0.1, -0.05) is 0 Å². The third-order valence-electron chi connectivity index (χ3n) is 3.52. The maximum Gasteiger partial charge on any atom is 0.336 e. The van der Waals surface area contributed by atoms with Gasteiger partial charge in [0.15, 0.2) is 12.5 Å². The molecule has 0 amide bonds. The van der Waals surface area contributed by atoms with Crippen molar-refractivity contribution in [1.29, 1.82) is 0 Å². The lowest BCUT2D eigenvalue weighted by molar-refractivity contribution is -0.0551. The van der Waals surface area contributed by atoms with Crippen molar-refractivity contribution in [3.05, 3.63) is 34.6 Å². The maximum atomic E-state index is 12.4. The first-order valence-electron chi connectivity index (χ1n) is 6.24. The first-order chi connectivity index (χ1) is 10.1. The average molecular weight is 295 g/mol. The summed E-state index contributed by atoms with van der Waals surface area (Å²) in [6, 6.07) is 1.48. The Kier molecular flexibility index (Phi) is 3.33. The minimum Gasteiger partial charge on any atom is -0.394 e. The van der Waals surface area contributed by atoms with Gasteiger partial charge in [-0.15, -0.1) is 0 Å². The highest BCUT2D eigenvalue weighted by Gasteiger charge is 2.43. The molecule has 0 aromatic carbocycles. The van der Waals surface area contributed by atoms with Crippen LogP contribution in [0.2, 0.25) is 0 Å². The van der Waals surface area contributed by atoms with Gasteiger partial charge in [0.25, 0.3) is 0 Å². The summed E-state index contributed by atoms with van der Waals surface area (Å²) in [7, 11) is 0. The van der Waals surface area contributed by atoms with Crippen LogP contribution in [0.25, 0.3) is 5.65 Å². The molecule has 4 atom stereocenters. The van der Waals surface area contributed by atoms with Gasteiger partial charge in [0.2, 0.25) is 0 Å². The van der Waals surface area contributed by atoms with E-state index in [9.17, 15) is 19.8 Å². The predicted molar refractivity (Wildman–Crippen MR) is 67.8 cm³/mol. The van der Waals surface area contributed by atoms with Gasteiger partial charge in [-0.2, -0.15) is 0 Å². The van der Waals surface area contributed by atoms with E-state index in [0.29, 0.717) is 6.29 Å². The molecule has 0 spiro atoms. The van der Waals surface area contributed by atoms with E-state index in [4.69, 9.17) is 9.84 Å². The van der Waals surface area contributed by atoms with Crippen LogP contribution in [0.4, 0.5) is 0 Å². The van der Waals surface area contributed by atoms with Gasteiger partial charge in [-0.05, 0) is 6.07 Å². The van der Waals surface area contributed by atoms with E-state index in [1.165, 1.54) is 18.5 Å². The Morgan fingerprint density at radius 2 is 2.14 bits per heavy atom. The number of aliphatic hydroxyl groups excluding tert-OH is 3. The third-order valence-corrected chi connectivity index (χ3v) is 3.52. The Labute approximate surface area is 117 Å².